The molecule has 5 heteroatoms. The molecule has 1 unspecified atom stereocenters. The molecule has 0 aromatic heterocycles. The van der Waals surface area contributed by atoms with Crippen LogP contribution in [0.1, 0.15) is 59.3 Å². The van der Waals surface area contributed by atoms with Gasteiger partial charge in [0.15, 0.2) is 0 Å². The molecule has 0 heterocycles. The van der Waals surface area contributed by atoms with E-state index in [9.17, 15) is 9.59 Å². The Morgan fingerprint density at radius 3 is 2.05 bits per heavy atom. The molecular formula is C15H29N3O2. The minimum absolute atomic E-state index is 0.0618. The van der Waals surface area contributed by atoms with E-state index >= 15 is 0 Å². The number of carbonyl (C=O) groups excluding carboxylic acids is 2. The number of amides is 2. The molecule has 1 aliphatic carbocycles. The van der Waals surface area contributed by atoms with E-state index in [1.54, 1.807) is 6.92 Å². The lowest BCUT2D eigenvalue weighted by Gasteiger charge is -2.31. The molecule has 1 rings (SSSR count). The van der Waals surface area contributed by atoms with Crippen LogP contribution in [0.4, 0.5) is 0 Å². The standard InChI is InChI=1S/C15H29N3O2/c1-11(2)17-13(19)12(3)18-14(20)15(10-16)8-6-4-5-7-9-15/h11-12H,4-10,16H2,1-3H3,(H,17,19)(H,18,20). The van der Waals surface area contributed by atoms with Gasteiger partial charge in [-0.3, -0.25) is 9.59 Å². The van der Waals surface area contributed by atoms with E-state index in [1.807, 2.05) is 13.8 Å². The van der Waals surface area contributed by atoms with Crippen molar-refractivity contribution in [3.05, 3.63) is 0 Å². The number of hydrogen-bond donors (Lipinski definition) is 3. The summed E-state index contributed by atoms with van der Waals surface area (Å²) < 4.78 is 0. The van der Waals surface area contributed by atoms with Gasteiger partial charge in [0.05, 0.1) is 5.41 Å². The maximum Gasteiger partial charge on any atom is 0.242 e. The first-order valence-electron chi connectivity index (χ1n) is 7.73. The normalized spacial score (nSPS) is 20.1. The first-order chi connectivity index (χ1) is 9.41. The van der Waals surface area contributed by atoms with Crippen molar-refractivity contribution < 1.29 is 9.59 Å². The minimum Gasteiger partial charge on any atom is -0.352 e. The van der Waals surface area contributed by atoms with E-state index in [4.69, 9.17) is 5.73 Å². The van der Waals surface area contributed by atoms with Crippen molar-refractivity contribution in [1.82, 2.24) is 10.6 Å². The summed E-state index contributed by atoms with van der Waals surface area (Å²) in [6, 6.07) is -0.445. The van der Waals surface area contributed by atoms with Gasteiger partial charge in [-0.25, -0.2) is 0 Å². The highest BCUT2D eigenvalue weighted by Gasteiger charge is 2.38. The largest absolute Gasteiger partial charge is 0.352 e. The zero-order valence-corrected chi connectivity index (χ0v) is 13.0. The van der Waals surface area contributed by atoms with Crippen molar-refractivity contribution >= 4 is 11.8 Å². The van der Waals surface area contributed by atoms with E-state index in [0.29, 0.717) is 6.54 Å². The van der Waals surface area contributed by atoms with Crippen molar-refractivity contribution in [3.8, 4) is 0 Å². The van der Waals surface area contributed by atoms with Crippen LogP contribution in [-0.2, 0) is 9.59 Å². The van der Waals surface area contributed by atoms with E-state index < -0.39 is 11.5 Å². The summed E-state index contributed by atoms with van der Waals surface area (Å²) in [7, 11) is 0. The number of carbonyl (C=O) groups is 2. The highest BCUT2D eigenvalue weighted by molar-refractivity contribution is 5.90. The van der Waals surface area contributed by atoms with Crippen LogP contribution in [0.2, 0.25) is 0 Å². The fourth-order valence-corrected chi connectivity index (χ4v) is 2.75. The van der Waals surface area contributed by atoms with Crippen molar-refractivity contribution in [2.45, 2.75) is 71.4 Å². The Kier molecular flexibility index (Phi) is 6.46. The molecule has 4 N–H and O–H groups in total. The number of nitrogens with one attached hydrogen (secondary N) is 2. The van der Waals surface area contributed by atoms with Crippen molar-refractivity contribution in [1.29, 1.82) is 0 Å². The summed E-state index contributed by atoms with van der Waals surface area (Å²) in [4.78, 5) is 24.4. The summed E-state index contributed by atoms with van der Waals surface area (Å²) in [5.74, 6) is -0.206. The lowest BCUT2D eigenvalue weighted by Crippen LogP contribution is -2.53. The molecule has 0 aromatic carbocycles. The quantitative estimate of drug-likeness (QED) is 0.665. The van der Waals surface area contributed by atoms with Crippen molar-refractivity contribution in [2.24, 2.45) is 11.1 Å². The number of hydrogen-bond acceptors (Lipinski definition) is 3. The predicted molar refractivity (Wildman–Crippen MR) is 80.1 cm³/mol. The molecule has 2 amide bonds. The van der Waals surface area contributed by atoms with Crippen LogP contribution in [0.15, 0.2) is 0 Å². The molecule has 5 nitrogen and oxygen atoms in total. The Morgan fingerprint density at radius 2 is 1.60 bits per heavy atom. The molecule has 0 saturated heterocycles. The van der Waals surface area contributed by atoms with Gasteiger partial charge in [0.1, 0.15) is 6.04 Å². The van der Waals surface area contributed by atoms with Crippen LogP contribution in [0, 0.1) is 5.41 Å². The van der Waals surface area contributed by atoms with Gasteiger partial charge in [0, 0.05) is 12.6 Å². The summed E-state index contributed by atoms with van der Waals surface area (Å²) >= 11 is 0. The minimum atomic E-state index is -0.517. The second-order valence-electron chi connectivity index (χ2n) is 6.26. The van der Waals surface area contributed by atoms with Crippen molar-refractivity contribution in [2.75, 3.05) is 6.54 Å². The summed E-state index contributed by atoms with van der Waals surface area (Å²) in [5, 5.41) is 5.65. The maximum atomic E-state index is 12.5. The SMILES string of the molecule is CC(C)NC(=O)C(C)NC(=O)C1(CN)CCCCCC1. The van der Waals surface area contributed by atoms with Crippen LogP contribution < -0.4 is 16.4 Å². The average Bonchev–Trinajstić information content (AvgIpc) is 2.63. The lowest BCUT2D eigenvalue weighted by molar-refractivity contribution is -0.135. The van der Waals surface area contributed by atoms with Crippen LogP contribution in [0.25, 0.3) is 0 Å². The Hall–Kier alpha value is -1.10. The molecule has 20 heavy (non-hydrogen) atoms. The molecule has 116 valence electrons. The molecule has 1 fully saturated rings. The van der Waals surface area contributed by atoms with E-state index in [1.165, 1.54) is 12.8 Å². The average molecular weight is 283 g/mol. The Bertz CT molecular complexity index is 334. The maximum absolute atomic E-state index is 12.5. The van der Waals surface area contributed by atoms with E-state index in [2.05, 4.69) is 10.6 Å². The van der Waals surface area contributed by atoms with Gasteiger partial charge < -0.3 is 16.4 Å². The Labute approximate surface area is 122 Å². The lowest BCUT2D eigenvalue weighted by atomic mass is 9.79. The van der Waals surface area contributed by atoms with Crippen molar-refractivity contribution in [3.63, 3.8) is 0 Å². The fraction of sp³-hybridized carbons (Fsp3) is 0.867. The van der Waals surface area contributed by atoms with Gasteiger partial charge >= 0.3 is 0 Å². The van der Waals surface area contributed by atoms with E-state index in [0.717, 1.165) is 25.7 Å². The van der Waals surface area contributed by atoms with E-state index in [-0.39, 0.29) is 17.9 Å². The van der Waals surface area contributed by atoms with Crippen LogP contribution in [0.3, 0.4) is 0 Å². The molecular weight excluding hydrogens is 254 g/mol. The molecule has 1 atom stereocenters. The third-order valence-corrected chi connectivity index (χ3v) is 4.10. The van der Waals surface area contributed by atoms with Crippen LogP contribution >= 0.6 is 0 Å². The molecule has 0 aromatic rings. The summed E-state index contributed by atoms with van der Waals surface area (Å²) in [6.07, 6.45) is 6.06. The molecule has 0 bridgehead atoms. The second kappa shape index (κ2) is 7.62. The third-order valence-electron chi connectivity index (χ3n) is 4.10. The second-order valence-corrected chi connectivity index (χ2v) is 6.26. The highest BCUT2D eigenvalue weighted by atomic mass is 16.2. The molecule has 1 aliphatic rings. The third kappa shape index (κ3) is 4.47. The molecule has 1 saturated carbocycles. The van der Waals surface area contributed by atoms with Gasteiger partial charge in [-0.05, 0) is 33.6 Å². The monoisotopic (exact) mass is 283 g/mol. The Balaban J connectivity index is 2.64. The zero-order chi connectivity index (χ0) is 15.2. The zero-order valence-electron chi connectivity index (χ0n) is 13.0. The van der Waals surface area contributed by atoms with Crippen LogP contribution in [0.5, 0.6) is 0 Å². The topological polar surface area (TPSA) is 84.2 Å². The Morgan fingerprint density at radius 1 is 1.05 bits per heavy atom. The predicted octanol–water partition coefficient (Wildman–Crippen LogP) is 1.32. The number of nitrogens with two attached hydrogens (primary N) is 1. The van der Waals surface area contributed by atoms with Gasteiger partial charge in [0.2, 0.25) is 11.8 Å². The number of rotatable bonds is 5. The molecule has 0 radical (unpaired) electrons. The van der Waals surface area contributed by atoms with Gasteiger partial charge in [-0.1, -0.05) is 25.7 Å². The fourth-order valence-electron chi connectivity index (χ4n) is 2.75. The molecule has 0 spiro atoms. The first-order valence-corrected chi connectivity index (χ1v) is 7.73. The smallest absolute Gasteiger partial charge is 0.242 e. The first kappa shape index (κ1) is 17.0. The summed E-state index contributed by atoms with van der Waals surface area (Å²) in [6.45, 7) is 5.88. The molecule has 0 aliphatic heterocycles. The highest BCUT2D eigenvalue weighted by Crippen LogP contribution is 2.34. The van der Waals surface area contributed by atoms with Gasteiger partial charge in [0.25, 0.3) is 0 Å². The summed E-state index contributed by atoms with van der Waals surface area (Å²) in [5.41, 5.74) is 5.40. The van der Waals surface area contributed by atoms with Crippen LogP contribution in [-0.4, -0.2) is 30.4 Å². The van der Waals surface area contributed by atoms with Gasteiger partial charge in [-0.15, -0.1) is 0 Å². The van der Waals surface area contributed by atoms with Gasteiger partial charge in [-0.2, -0.15) is 0 Å².